The summed E-state index contributed by atoms with van der Waals surface area (Å²) < 4.78 is 6.06. The summed E-state index contributed by atoms with van der Waals surface area (Å²) >= 11 is 3.51. The maximum Gasteiger partial charge on any atom is 0.225 e. The molecular weight excluding hydrogens is 294 g/mol. The van der Waals surface area contributed by atoms with Crippen molar-refractivity contribution in [3.8, 4) is 0 Å². The molecule has 0 aliphatic heterocycles. The van der Waals surface area contributed by atoms with E-state index in [0.29, 0.717) is 6.61 Å². The zero-order chi connectivity index (χ0) is 13.5. The van der Waals surface area contributed by atoms with Gasteiger partial charge in [0.25, 0.3) is 0 Å². The summed E-state index contributed by atoms with van der Waals surface area (Å²) in [5.41, 5.74) is 1.20. The second-order valence-electron chi connectivity index (χ2n) is 4.56. The molecule has 1 N–H and O–H groups in total. The lowest BCUT2D eigenvalue weighted by Gasteiger charge is -2.17. The maximum atomic E-state index is 11.8. The fourth-order valence-electron chi connectivity index (χ4n) is 1.76. The highest BCUT2D eigenvalue weighted by Crippen LogP contribution is 2.17. The number of amides is 1. The molecule has 1 aromatic rings. The largest absolute Gasteiger partial charge is 0.384 e. The van der Waals surface area contributed by atoms with Crippen LogP contribution in [0.2, 0.25) is 0 Å². The van der Waals surface area contributed by atoms with Gasteiger partial charge in [-0.25, -0.2) is 0 Å². The molecule has 1 amide bonds. The van der Waals surface area contributed by atoms with Crippen LogP contribution in [0, 0.1) is 5.92 Å². The van der Waals surface area contributed by atoms with Gasteiger partial charge in [0.15, 0.2) is 0 Å². The summed E-state index contributed by atoms with van der Waals surface area (Å²) in [6.45, 7) is 4.33. The van der Waals surface area contributed by atoms with Gasteiger partial charge in [-0.05, 0) is 25.0 Å². The van der Waals surface area contributed by atoms with Gasteiger partial charge in [-0.15, -0.1) is 0 Å². The number of carbonyl (C=O) groups excluding carboxylic acids is 1. The van der Waals surface area contributed by atoms with E-state index in [1.54, 1.807) is 7.11 Å². The minimum atomic E-state index is -0.114. The molecule has 0 saturated heterocycles. The highest BCUT2D eigenvalue weighted by Gasteiger charge is 2.15. The molecule has 0 aromatic heterocycles. The van der Waals surface area contributed by atoms with E-state index in [0.717, 1.165) is 10.9 Å². The molecule has 0 heterocycles. The molecule has 0 fully saturated rings. The van der Waals surface area contributed by atoms with Crippen LogP contribution in [0.15, 0.2) is 28.7 Å². The molecule has 18 heavy (non-hydrogen) atoms. The predicted octanol–water partition coefficient (Wildman–Crippen LogP) is 2.78. The van der Waals surface area contributed by atoms with E-state index in [-0.39, 0.29) is 17.9 Å². The highest BCUT2D eigenvalue weighted by atomic mass is 79.9. The lowest BCUT2D eigenvalue weighted by Crippen LogP contribution is -2.38. The van der Waals surface area contributed by atoms with Crippen LogP contribution in [0.25, 0.3) is 0 Å². The van der Waals surface area contributed by atoms with Crippen LogP contribution in [-0.2, 0) is 16.0 Å². The Morgan fingerprint density at radius 2 is 2.06 bits per heavy atom. The van der Waals surface area contributed by atoms with Crippen molar-refractivity contribution in [3.05, 3.63) is 34.3 Å². The van der Waals surface area contributed by atoms with E-state index < -0.39 is 0 Å². The number of benzene rings is 1. The normalized spacial score (nSPS) is 14.0. The van der Waals surface area contributed by atoms with E-state index in [4.69, 9.17) is 4.74 Å². The molecule has 1 aromatic carbocycles. The Balaban J connectivity index is 2.49. The topological polar surface area (TPSA) is 38.3 Å². The van der Waals surface area contributed by atoms with Crippen molar-refractivity contribution in [1.82, 2.24) is 5.32 Å². The molecule has 0 spiro atoms. The number of hydrogen-bond donors (Lipinski definition) is 1. The van der Waals surface area contributed by atoms with Crippen molar-refractivity contribution in [3.63, 3.8) is 0 Å². The second-order valence-corrected chi connectivity index (χ2v) is 5.42. The first-order valence-electron chi connectivity index (χ1n) is 6.07. The number of hydrogen-bond acceptors (Lipinski definition) is 2. The first-order valence-corrected chi connectivity index (χ1v) is 6.86. The van der Waals surface area contributed by atoms with Crippen LogP contribution >= 0.6 is 15.9 Å². The molecule has 0 aliphatic carbocycles. The number of halogens is 1. The molecule has 0 radical (unpaired) electrons. The van der Waals surface area contributed by atoms with Crippen LogP contribution in [0.5, 0.6) is 0 Å². The predicted molar refractivity (Wildman–Crippen MR) is 76.5 cm³/mol. The van der Waals surface area contributed by atoms with Gasteiger partial charge in [0.1, 0.15) is 0 Å². The Labute approximate surface area is 117 Å². The monoisotopic (exact) mass is 313 g/mol. The Morgan fingerprint density at radius 1 is 1.39 bits per heavy atom. The van der Waals surface area contributed by atoms with E-state index >= 15 is 0 Å². The number of ether oxygens (including phenoxy) is 1. The SMILES string of the molecule is COC[C@H](C)C(=O)N[C@@H](C)Cc1ccccc1Br. The number of carbonyl (C=O) groups is 1. The molecule has 4 heteroatoms. The average molecular weight is 314 g/mol. The highest BCUT2D eigenvalue weighted by molar-refractivity contribution is 9.10. The van der Waals surface area contributed by atoms with Crippen LogP contribution in [0.1, 0.15) is 19.4 Å². The molecule has 0 unspecified atom stereocenters. The van der Waals surface area contributed by atoms with Crippen molar-refractivity contribution in [1.29, 1.82) is 0 Å². The van der Waals surface area contributed by atoms with Gasteiger partial charge in [0, 0.05) is 17.6 Å². The third-order valence-corrected chi connectivity index (χ3v) is 3.51. The fourth-order valence-corrected chi connectivity index (χ4v) is 2.20. The van der Waals surface area contributed by atoms with Gasteiger partial charge in [0.05, 0.1) is 12.5 Å². The van der Waals surface area contributed by atoms with Gasteiger partial charge in [-0.1, -0.05) is 41.1 Å². The van der Waals surface area contributed by atoms with Gasteiger partial charge in [-0.2, -0.15) is 0 Å². The smallest absolute Gasteiger partial charge is 0.225 e. The molecule has 100 valence electrons. The number of nitrogens with one attached hydrogen (secondary N) is 1. The van der Waals surface area contributed by atoms with Crippen LogP contribution in [0.3, 0.4) is 0 Å². The second kappa shape index (κ2) is 7.54. The van der Waals surface area contributed by atoms with Crippen LogP contribution < -0.4 is 5.32 Å². The standard InChI is InChI=1S/C14H20BrNO2/c1-10(9-18-3)14(17)16-11(2)8-12-6-4-5-7-13(12)15/h4-7,10-11H,8-9H2,1-3H3,(H,16,17)/t10-,11-/m0/s1. The Kier molecular flexibility index (Phi) is 6.36. The van der Waals surface area contributed by atoms with Crippen molar-refractivity contribution in [2.45, 2.75) is 26.3 Å². The Bertz CT molecular complexity index is 395. The van der Waals surface area contributed by atoms with Gasteiger partial charge < -0.3 is 10.1 Å². The molecule has 0 saturated carbocycles. The first kappa shape index (κ1) is 15.2. The average Bonchev–Trinajstić information content (AvgIpc) is 2.32. The summed E-state index contributed by atoms with van der Waals surface area (Å²) in [6.07, 6.45) is 0.812. The summed E-state index contributed by atoms with van der Waals surface area (Å²) in [4.78, 5) is 11.8. The van der Waals surface area contributed by atoms with Gasteiger partial charge >= 0.3 is 0 Å². The minimum absolute atomic E-state index is 0.0383. The van der Waals surface area contributed by atoms with Gasteiger partial charge in [-0.3, -0.25) is 4.79 Å². The lowest BCUT2D eigenvalue weighted by molar-refractivity contribution is -0.126. The maximum absolute atomic E-state index is 11.8. The summed E-state index contributed by atoms with van der Waals surface area (Å²) in [6, 6.07) is 8.16. The third kappa shape index (κ3) is 4.78. The van der Waals surface area contributed by atoms with Crippen molar-refractivity contribution in [2.24, 2.45) is 5.92 Å². The summed E-state index contributed by atoms with van der Waals surface area (Å²) in [7, 11) is 1.61. The zero-order valence-corrected chi connectivity index (χ0v) is 12.7. The van der Waals surface area contributed by atoms with E-state index in [1.165, 1.54) is 5.56 Å². The van der Waals surface area contributed by atoms with Crippen LogP contribution in [0.4, 0.5) is 0 Å². The zero-order valence-electron chi connectivity index (χ0n) is 11.1. The van der Waals surface area contributed by atoms with Crippen LogP contribution in [-0.4, -0.2) is 25.7 Å². The van der Waals surface area contributed by atoms with Crippen molar-refractivity contribution in [2.75, 3.05) is 13.7 Å². The van der Waals surface area contributed by atoms with E-state index in [9.17, 15) is 4.79 Å². The molecule has 0 aliphatic rings. The first-order chi connectivity index (χ1) is 8.54. The Morgan fingerprint density at radius 3 is 2.67 bits per heavy atom. The molecular formula is C14H20BrNO2. The summed E-state index contributed by atoms with van der Waals surface area (Å²) in [5, 5.41) is 3.00. The third-order valence-electron chi connectivity index (χ3n) is 2.74. The number of methoxy groups -OCH3 is 1. The molecule has 3 nitrogen and oxygen atoms in total. The van der Waals surface area contributed by atoms with Gasteiger partial charge in [0.2, 0.25) is 5.91 Å². The lowest BCUT2D eigenvalue weighted by atomic mass is 10.1. The summed E-state index contributed by atoms with van der Waals surface area (Å²) in [5.74, 6) is -0.0759. The van der Waals surface area contributed by atoms with Crippen molar-refractivity contribution >= 4 is 21.8 Å². The molecule has 2 atom stereocenters. The molecule has 0 bridgehead atoms. The minimum Gasteiger partial charge on any atom is -0.384 e. The quantitative estimate of drug-likeness (QED) is 0.877. The number of rotatable bonds is 6. The fraction of sp³-hybridized carbons (Fsp3) is 0.500. The Hall–Kier alpha value is -0.870. The van der Waals surface area contributed by atoms with Crippen molar-refractivity contribution < 1.29 is 9.53 Å². The van der Waals surface area contributed by atoms with E-state index in [2.05, 4.69) is 27.3 Å². The van der Waals surface area contributed by atoms with E-state index in [1.807, 2.05) is 32.0 Å². The molecule has 1 rings (SSSR count).